The summed E-state index contributed by atoms with van der Waals surface area (Å²) in [6.07, 6.45) is 1.83. The number of carbonyl (C=O) groups excluding carboxylic acids is 2. The van der Waals surface area contributed by atoms with Crippen LogP contribution in [0.1, 0.15) is 41.2 Å². The lowest BCUT2D eigenvalue weighted by Crippen LogP contribution is -2.34. The van der Waals surface area contributed by atoms with E-state index in [2.05, 4.69) is 34.4 Å². The van der Waals surface area contributed by atoms with Gasteiger partial charge in [-0.25, -0.2) is 0 Å². The number of H-pyrrole nitrogens is 1. The third-order valence-corrected chi connectivity index (χ3v) is 6.40. The van der Waals surface area contributed by atoms with Crippen molar-refractivity contribution >= 4 is 29.2 Å². The topological polar surface area (TPSA) is 86.5 Å². The summed E-state index contributed by atoms with van der Waals surface area (Å²) >= 11 is 0. The Morgan fingerprint density at radius 1 is 1.11 bits per heavy atom. The molecule has 2 aromatic carbocycles. The number of nitrogens with zero attached hydrogens (tertiary/aromatic N) is 1. The van der Waals surface area contributed by atoms with Crippen molar-refractivity contribution in [2.45, 2.75) is 20.8 Å². The van der Waals surface area contributed by atoms with Crippen LogP contribution in [0.4, 0.5) is 5.69 Å². The van der Waals surface area contributed by atoms with E-state index in [4.69, 9.17) is 4.74 Å². The highest BCUT2D eigenvalue weighted by Gasteiger charge is 2.28. The Labute approximate surface area is 206 Å². The summed E-state index contributed by atoms with van der Waals surface area (Å²) in [7, 11) is 1.64. The molecule has 2 amide bonds. The van der Waals surface area contributed by atoms with E-state index in [0.29, 0.717) is 17.8 Å². The van der Waals surface area contributed by atoms with Gasteiger partial charge in [-0.15, -0.1) is 0 Å². The number of hydrogen-bond donors (Lipinski definition) is 3. The molecule has 0 aliphatic carbocycles. The first-order valence-corrected chi connectivity index (χ1v) is 12.0. The van der Waals surface area contributed by atoms with Gasteiger partial charge in [-0.1, -0.05) is 38.1 Å². The number of methoxy groups -OCH3 is 1. The quantitative estimate of drug-likeness (QED) is 0.399. The van der Waals surface area contributed by atoms with E-state index < -0.39 is 0 Å². The smallest absolute Gasteiger partial charge is 0.267 e. The second kappa shape index (κ2) is 10.6. The SMILES string of the molecule is CCN(CC)CCNC(=O)c1cc(C)c(/C=C2\C(=O)Nc3cccc(-c4cccc(OC)c4)c32)[nH]1. The molecule has 0 fully saturated rings. The zero-order valence-corrected chi connectivity index (χ0v) is 20.7. The average molecular weight is 473 g/mol. The molecule has 0 saturated carbocycles. The Hall–Kier alpha value is -3.84. The minimum absolute atomic E-state index is 0.154. The van der Waals surface area contributed by atoms with Crippen LogP contribution in [0.2, 0.25) is 0 Å². The fourth-order valence-electron chi connectivity index (χ4n) is 4.37. The predicted octanol–water partition coefficient (Wildman–Crippen LogP) is 4.56. The fraction of sp³-hybridized carbons (Fsp3) is 0.286. The van der Waals surface area contributed by atoms with E-state index in [-0.39, 0.29) is 11.8 Å². The van der Waals surface area contributed by atoms with E-state index in [1.807, 2.05) is 61.5 Å². The largest absolute Gasteiger partial charge is 0.497 e. The first-order chi connectivity index (χ1) is 16.9. The van der Waals surface area contributed by atoms with E-state index in [9.17, 15) is 9.59 Å². The summed E-state index contributed by atoms with van der Waals surface area (Å²) in [5.41, 5.74) is 6.16. The normalized spacial score (nSPS) is 13.7. The molecule has 1 aromatic heterocycles. The second-order valence-electron chi connectivity index (χ2n) is 8.53. The van der Waals surface area contributed by atoms with Gasteiger partial charge in [0.2, 0.25) is 0 Å². The second-order valence-corrected chi connectivity index (χ2v) is 8.53. The van der Waals surface area contributed by atoms with Gasteiger partial charge in [0.25, 0.3) is 11.8 Å². The van der Waals surface area contributed by atoms with Crippen LogP contribution in [0.5, 0.6) is 5.75 Å². The van der Waals surface area contributed by atoms with Gasteiger partial charge in [-0.05, 0) is 67.0 Å². The number of fused-ring (bicyclic) bond motifs is 1. The Bertz CT molecular complexity index is 1270. The number of ether oxygens (including phenoxy) is 1. The molecule has 4 rings (SSSR count). The Kier molecular flexibility index (Phi) is 7.36. The Balaban J connectivity index is 1.63. The highest BCUT2D eigenvalue weighted by molar-refractivity contribution is 6.36. The summed E-state index contributed by atoms with van der Waals surface area (Å²) in [4.78, 5) is 31.1. The fourth-order valence-corrected chi connectivity index (χ4v) is 4.37. The number of likely N-dealkylation sites (N-methyl/N-ethyl adjacent to an activating group) is 1. The van der Waals surface area contributed by atoms with Crippen molar-refractivity contribution in [2.75, 3.05) is 38.6 Å². The average Bonchev–Trinajstić information content (AvgIpc) is 3.40. The third kappa shape index (κ3) is 5.15. The van der Waals surface area contributed by atoms with Crippen molar-refractivity contribution in [1.82, 2.24) is 15.2 Å². The van der Waals surface area contributed by atoms with Crippen LogP contribution in [0.25, 0.3) is 22.8 Å². The number of benzene rings is 2. The zero-order valence-electron chi connectivity index (χ0n) is 20.7. The molecule has 0 saturated heterocycles. The molecule has 0 atom stereocenters. The summed E-state index contributed by atoms with van der Waals surface area (Å²) in [5.74, 6) is 0.424. The molecule has 7 heteroatoms. The van der Waals surface area contributed by atoms with Gasteiger partial charge in [0.05, 0.1) is 12.7 Å². The van der Waals surface area contributed by atoms with Crippen molar-refractivity contribution in [3.05, 3.63) is 71.0 Å². The molecule has 7 nitrogen and oxygen atoms in total. The molecule has 0 bridgehead atoms. The number of aromatic nitrogens is 1. The molecular weight excluding hydrogens is 440 g/mol. The van der Waals surface area contributed by atoms with Gasteiger partial charge in [0, 0.05) is 30.0 Å². The van der Waals surface area contributed by atoms with Crippen molar-refractivity contribution in [3.8, 4) is 16.9 Å². The van der Waals surface area contributed by atoms with Crippen LogP contribution >= 0.6 is 0 Å². The summed E-state index contributed by atoms with van der Waals surface area (Å²) < 4.78 is 5.39. The number of carbonyl (C=O) groups is 2. The predicted molar refractivity (Wildman–Crippen MR) is 141 cm³/mol. The molecule has 0 radical (unpaired) electrons. The number of amides is 2. The van der Waals surface area contributed by atoms with Crippen LogP contribution in [0.15, 0.2) is 48.5 Å². The Morgan fingerprint density at radius 3 is 2.63 bits per heavy atom. The van der Waals surface area contributed by atoms with E-state index >= 15 is 0 Å². The molecule has 35 heavy (non-hydrogen) atoms. The van der Waals surface area contributed by atoms with Crippen LogP contribution in [0, 0.1) is 6.92 Å². The van der Waals surface area contributed by atoms with E-state index in [0.717, 1.165) is 59.0 Å². The maximum absolute atomic E-state index is 13.0. The van der Waals surface area contributed by atoms with Gasteiger partial charge < -0.3 is 25.3 Å². The molecule has 182 valence electrons. The van der Waals surface area contributed by atoms with Crippen molar-refractivity contribution in [1.29, 1.82) is 0 Å². The van der Waals surface area contributed by atoms with Crippen LogP contribution in [-0.2, 0) is 4.79 Å². The van der Waals surface area contributed by atoms with Gasteiger partial charge in [-0.3, -0.25) is 9.59 Å². The molecule has 2 heterocycles. The minimum Gasteiger partial charge on any atom is -0.497 e. The van der Waals surface area contributed by atoms with Crippen molar-refractivity contribution < 1.29 is 14.3 Å². The molecule has 0 unspecified atom stereocenters. The third-order valence-electron chi connectivity index (χ3n) is 6.40. The molecule has 3 N–H and O–H groups in total. The van der Waals surface area contributed by atoms with Gasteiger partial charge in [0.1, 0.15) is 11.4 Å². The van der Waals surface area contributed by atoms with E-state index in [1.165, 1.54) is 0 Å². The molecular formula is C28H32N4O3. The standard InChI is InChI=1S/C28H32N4O3/c1-5-32(6-2)14-13-29-28(34)25-15-18(3)24(30-25)17-22-26-21(11-8-12-23(26)31-27(22)33)19-9-7-10-20(16-19)35-4/h7-12,15-17,30H,5-6,13-14H2,1-4H3,(H,29,34)(H,31,33)/b22-17-. The summed E-state index contributed by atoms with van der Waals surface area (Å²) in [5, 5.41) is 5.94. The zero-order chi connectivity index (χ0) is 24.9. The molecule has 0 spiro atoms. The molecule has 3 aromatic rings. The molecule has 1 aliphatic heterocycles. The lowest BCUT2D eigenvalue weighted by molar-refractivity contribution is -0.110. The van der Waals surface area contributed by atoms with Gasteiger partial charge in [-0.2, -0.15) is 0 Å². The minimum atomic E-state index is -0.172. The van der Waals surface area contributed by atoms with E-state index in [1.54, 1.807) is 7.11 Å². The van der Waals surface area contributed by atoms with Crippen LogP contribution in [0.3, 0.4) is 0 Å². The Morgan fingerprint density at radius 2 is 1.89 bits per heavy atom. The maximum Gasteiger partial charge on any atom is 0.267 e. The van der Waals surface area contributed by atoms with Crippen LogP contribution < -0.4 is 15.4 Å². The van der Waals surface area contributed by atoms with Crippen molar-refractivity contribution in [3.63, 3.8) is 0 Å². The summed E-state index contributed by atoms with van der Waals surface area (Å²) in [6.45, 7) is 9.43. The number of anilines is 1. The van der Waals surface area contributed by atoms with Crippen LogP contribution in [-0.4, -0.2) is 55.0 Å². The first kappa shape index (κ1) is 24.3. The number of aryl methyl sites for hydroxylation is 1. The number of hydrogen-bond acceptors (Lipinski definition) is 4. The maximum atomic E-state index is 13.0. The van der Waals surface area contributed by atoms with Crippen molar-refractivity contribution in [2.24, 2.45) is 0 Å². The summed E-state index contributed by atoms with van der Waals surface area (Å²) in [6, 6.07) is 15.4. The highest BCUT2D eigenvalue weighted by atomic mass is 16.5. The number of rotatable bonds is 9. The first-order valence-electron chi connectivity index (χ1n) is 12.0. The van der Waals surface area contributed by atoms with Gasteiger partial charge >= 0.3 is 0 Å². The molecule has 1 aliphatic rings. The van der Waals surface area contributed by atoms with Gasteiger partial charge in [0.15, 0.2) is 0 Å². The number of aromatic amines is 1. The lowest BCUT2D eigenvalue weighted by atomic mass is 9.94. The monoisotopic (exact) mass is 472 g/mol. The number of nitrogens with one attached hydrogen (secondary N) is 3. The highest BCUT2D eigenvalue weighted by Crippen LogP contribution is 2.41. The lowest BCUT2D eigenvalue weighted by Gasteiger charge is -2.17.